The number of aliphatic hydroxyl groups is 1. The van der Waals surface area contributed by atoms with Crippen LogP contribution in [0.1, 0.15) is 40.0 Å². The van der Waals surface area contributed by atoms with Crippen LogP contribution in [0.3, 0.4) is 0 Å². The first-order chi connectivity index (χ1) is 20.4. The molecule has 2 atom stereocenters. The Hall–Kier alpha value is -5.12. The van der Waals surface area contributed by atoms with Crippen LogP contribution in [0.25, 0.3) is 10.9 Å². The maximum atomic E-state index is 11.6. The highest BCUT2D eigenvalue weighted by molar-refractivity contribution is 5.87. The second-order valence-electron chi connectivity index (χ2n) is 9.90. The average molecular weight is 566 g/mol. The van der Waals surface area contributed by atoms with E-state index in [4.69, 9.17) is 4.74 Å². The molecule has 6 N–H and O–H groups in total. The number of aromatic hydroxyl groups is 1. The van der Waals surface area contributed by atoms with Gasteiger partial charge in [0.05, 0.1) is 17.7 Å². The molecule has 9 heteroatoms. The molecule has 5 rings (SSSR count). The second-order valence-corrected chi connectivity index (χ2v) is 9.90. The van der Waals surface area contributed by atoms with Gasteiger partial charge in [0.2, 0.25) is 5.56 Å². The van der Waals surface area contributed by atoms with Crippen molar-refractivity contribution in [3.05, 3.63) is 141 Å². The number of aliphatic hydroxyl groups excluding tert-OH is 1. The molecule has 0 aliphatic carbocycles. The number of H-pyrrole nitrogens is 1. The highest BCUT2D eigenvalue weighted by Gasteiger charge is 2.17. The number of ether oxygens (including phenoxy) is 1. The molecule has 1 aromatic heterocycles. The third kappa shape index (κ3) is 6.95. The van der Waals surface area contributed by atoms with Gasteiger partial charge >= 0.3 is 6.09 Å². The van der Waals surface area contributed by atoms with Crippen molar-refractivity contribution in [3.63, 3.8) is 0 Å². The lowest BCUT2D eigenvalue weighted by Gasteiger charge is -2.19. The van der Waals surface area contributed by atoms with Crippen LogP contribution in [0.5, 0.6) is 11.5 Å². The van der Waals surface area contributed by atoms with Gasteiger partial charge in [-0.3, -0.25) is 4.79 Å². The molecule has 5 aromatic rings. The Bertz CT molecular complexity index is 1720. The molecular weight excluding hydrogens is 534 g/mol. The monoisotopic (exact) mass is 565 g/mol. The average Bonchev–Trinajstić information content (AvgIpc) is 3.00. The minimum Gasteiger partial charge on any atom is -0.506 e. The number of carbonyl (C=O) groups is 1. The molecule has 0 aliphatic heterocycles. The van der Waals surface area contributed by atoms with Gasteiger partial charge in [-0.05, 0) is 52.1 Å². The van der Waals surface area contributed by atoms with Gasteiger partial charge < -0.3 is 35.7 Å². The zero-order valence-corrected chi connectivity index (χ0v) is 22.7. The van der Waals surface area contributed by atoms with Gasteiger partial charge in [0.25, 0.3) is 0 Å². The molecule has 1 amide bonds. The largest absolute Gasteiger partial charge is 0.506 e. The van der Waals surface area contributed by atoms with E-state index in [0.29, 0.717) is 35.4 Å². The maximum absolute atomic E-state index is 11.6. The highest BCUT2D eigenvalue weighted by Crippen LogP contribution is 2.29. The van der Waals surface area contributed by atoms with Crippen molar-refractivity contribution in [2.24, 2.45) is 0 Å². The van der Waals surface area contributed by atoms with Crippen molar-refractivity contribution in [1.82, 2.24) is 15.6 Å². The molecule has 214 valence electrons. The fourth-order valence-corrected chi connectivity index (χ4v) is 4.84. The summed E-state index contributed by atoms with van der Waals surface area (Å²) in [5.41, 5.74) is 4.19. The summed E-state index contributed by atoms with van der Waals surface area (Å²) in [4.78, 5) is 25.7. The number of pyridine rings is 1. The van der Waals surface area contributed by atoms with E-state index in [1.807, 2.05) is 78.9 Å². The second kappa shape index (κ2) is 13.0. The van der Waals surface area contributed by atoms with E-state index >= 15 is 0 Å². The number of aromatic nitrogens is 1. The van der Waals surface area contributed by atoms with E-state index in [1.54, 1.807) is 12.1 Å². The van der Waals surface area contributed by atoms with Crippen molar-refractivity contribution >= 4 is 17.0 Å². The quantitative estimate of drug-likeness (QED) is 0.132. The van der Waals surface area contributed by atoms with Crippen molar-refractivity contribution in [3.8, 4) is 11.5 Å². The summed E-state index contributed by atoms with van der Waals surface area (Å²) in [5, 5.41) is 36.6. The third-order valence-corrected chi connectivity index (χ3v) is 6.95. The first kappa shape index (κ1) is 28.4. The van der Waals surface area contributed by atoms with Gasteiger partial charge in [-0.2, -0.15) is 0 Å². The maximum Gasteiger partial charge on any atom is 0.405 e. The lowest BCUT2D eigenvalue weighted by molar-refractivity contribution is 0.176. The van der Waals surface area contributed by atoms with E-state index in [2.05, 4.69) is 15.6 Å². The molecule has 0 aliphatic rings. The summed E-state index contributed by atoms with van der Waals surface area (Å²) < 4.78 is 6.01. The van der Waals surface area contributed by atoms with Gasteiger partial charge in [0.1, 0.15) is 18.1 Å². The van der Waals surface area contributed by atoms with E-state index in [0.717, 1.165) is 22.3 Å². The SMILES string of the molecule is O=C(O)NC(c1ccccc1)c1cccc(OCc2ccc(CNCC(O)c3ccc(O)c4[nH]c(=O)ccc34)cc2)c1. The van der Waals surface area contributed by atoms with Crippen molar-refractivity contribution in [1.29, 1.82) is 0 Å². The molecule has 0 saturated carbocycles. The van der Waals surface area contributed by atoms with Gasteiger partial charge in [0.15, 0.2) is 0 Å². The standard InChI is InChI=1S/C33H31N3O6/c37-28-15-13-26(27-14-16-30(39)35-32(27)28)29(38)19-34-18-21-9-11-22(12-10-21)20-42-25-8-4-7-24(17-25)31(36-33(40)41)23-5-2-1-3-6-23/h1-17,29,31,34,36-38H,18-20H2,(H,35,39)(H,40,41). The van der Waals surface area contributed by atoms with Gasteiger partial charge in [0, 0.05) is 24.5 Å². The summed E-state index contributed by atoms with van der Waals surface area (Å²) in [5.74, 6) is 0.584. The zero-order valence-electron chi connectivity index (χ0n) is 22.7. The molecule has 9 nitrogen and oxygen atoms in total. The Morgan fingerprint density at radius 1 is 0.857 bits per heavy atom. The first-order valence-corrected chi connectivity index (χ1v) is 13.5. The smallest absolute Gasteiger partial charge is 0.405 e. The van der Waals surface area contributed by atoms with E-state index in [9.17, 15) is 24.9 Å². The van der Waals surface area contributed by atoms with Crippen LogP contribution in [-0.4, -0.2) is 32.9 Å². The van der Waals surface area contributed by atoms with E-state index in [-0.39, 0.29) is 17.9 Å². The van der Waals surface area contributed by atoms with Crippen LogP contribution in [0.2, 0.25) is 0 Å². The zero-order chi connectivity index (χ0) is 29.5. The number of rotatable bonds is 11. The van der Waals surface area contributed by atoms with Gasteiger partial charge in [-0.25, -0.2) is 4.79 Å². The number of aromatic amines is 1. The third-order valence-electron chi connectivity index (χ3n) is 6.95. The highest BCUT2D eigenvalue weighted by atomic mass is 16.5. The Balaban J connectivity index is 1.16. The Kier molecular flexibility index (Phi) is 8.81. The lowest BCUT2D eigenvalue weighted by Crippen LogP contribution is -2.27. The van der Waals surface area contributed by atoms with Crippen LogP contribution in [0.4, 0.5) is 4.79 Å². The Labute approximate surface area is 242 Å². The molecule has 0 bridgehead atoms. The molecule has 1 heterocycles. The molecule has 0 spiro atoms. The van der Waals surface area contributed by atoms with Crippen molar-refractivity contribution in [2.45, 2.75) is 25.3 Å². The number of carboxylic acid groups (broad SMARTS) is 1. The van der Waals surface area contributed by atoms with Crippen LogP contribution >= 0.6 is 0 Å². The fraction of sp³-hybridized carbons (Fsp3) is 0.152. The number of hydrogen-bond acceptors (Lipinski definition) is 6. The predicted octanol–water partition coefficient (Wildman–Crippen LogP) is 4.99. The molecule has 0 fully saturated rings. The lowest BCUT2D eigenvalue weighted by atomic mass is 9.98. The molecule has 0 saturated heterocycles. The van der Waals surface area contributed by atoms with Gasteiger partial charge in [-0.15, -0.1) is 0 Å². The number of phenolic OH excluding ortho intramolecular Hbond substituents is 1. The molecule has 0 radical (unpaired) electrons. The number of nitrogens with one attached hydrogen (secondary N) is 3. The summed E-state index contributed by atoms with van der Waals surface area (Å²) in [7, 11) is 0. The van der Waals surface area contributed by atoms with Crippen molar-refractivity contribution < 1.29 is 24.9 Å². The number of phenols is 1. The summed E-state index contributed by atoms with van der Waals surface area (Å²) in [6, 6.07) is 30.2. The predicted molar refractivity (Wildman–Crippen MR) is 160 cm³/mol. The fourth-order valence-electron chi connectivity index (χ4n) is 4.84. The van der Waals surface area contributed by atoms with E-state index < -0.39 is 18.2 Å². The van der Waals surface area contributed by atoms with Crippen LogP contribution in [0.15, 0.2) is 108 Å². The summed E-state index contributed by atoms with van der Waals surface area (Å²) in [6.07, 6.45) is -1.94. The van der Waals surface area contributed by atoms with Crippen LogP contribution in [-0.2, 0) is 13.2 Å². The Morgan fingerprint density at radius 2 is 1.60 bits per heavy atom. The van der Waals surface area contributed by atoms with Crippen LogP contribution in [0, 0.1) is 0 Å². The molecular formula is C33H31N3O6. The minimum atomic E-state index is -1.11. The summed E-state index contributed by atoms with van der Waals surface area (Å²) >= 11 is 0. The topological polar surface area (TPSA) is 144 Å². The molecule has 42 heavy (non-hydrogen) atoms. The first-order valence-electron chi connectivity index (χ1n) is 13.5. The van der Waals surface area contributed by atoms with Gasteiger partial charge in [-0.1, -0.05) is 72.8 Å². The number of benzene rings is 4. The normalized spacial score (nSPS) is 12.5. The molecule has 2 unspecified atom stereocenters. The minimum absolute atomic E-state index is 0.0463. The van der Waals surface area contributed by atoms with Crippen LogP contribution < -0.4 is 20.9 Å². The number of hydrogen-bond donors (Lipinski definition) is 6. The van der Waals surface area contributed by atoms with Crippen molar-refractivity contribution in [2.75, 3.05) is 6.54 Å². The van der Waals surface area contributed by atoms with E-state index in [1.165, 1.54) is 12.1 Å². The molecule has 4 aromatic carbocycles. The Morgan fingerprint density at radius 3 is 2.36 bits per heavy atom. The summed E-state index contributed by atoms with van der Waals surface area (Å²) in [6.45, 7) is 1.15. The number of fused-ring (bicyclic) bond motifs is 1. The number of amides is 1.